The van der Waals surface area contributed by atoms with Gasteiger partial charge in [0, 0.05) is 10.4 Å². The van der Waals surface area contributed by atoms with Crippen molar-refractivity contribution < 1.29 is 4.42 Å². The largest absolute Gasteiger partial charge is 0.463 e. The molecule has 3 aromatic rings. The number of aromatic nitrogens is 1. The molecule has 3 rings (SSSR count). The van der Waals surface area contributed by atoms with Crippen LogP contribution >= 0.6 is 22.9 Å². The highest BCUT2D eigenvalue weighted by molar-refractivity contribution is 7.19. The van der Waals surface area contributed by atoms with Gasteiger partial charge < -0.3 is 10.2 Å². The van der Waals surface area contributed by atoms with Gasteiger partial charge in [-0.1, -0.05) is 11.6 Å². The minimum absolute atomic E-state index is 0.185. The first-order valence-corrected chi connectivity index (χ1v) is 6.88. The monoisotopic (exact) mass is 301 g/mol. The molecule has 0 saturated carbocycles. The van der Waals surface area contributed by atoms with E-state index in [-0.39, 0.29) is 5.82 Å². The molecule has 0 aliphatic heterocycles. The highest BCUT2D eigenvalue weighted by atomic mass is 35.5. The fourth-order valence-electron chi connectivity index (χ4n) is 1.87. The number of furan rings is 1. The van der Waals surface area contributed by atoms with Crippen LogP contribution in [0.2, 0.25) is 4.34 Å². The first kappa shape index (κ1) is 12.7. The Bertz CT molecular complexity index is 802. The maximum atomic E-state index is 9.10. The molecule has 0 amide bonds. The van der Waals surface area contributed by atoms with Gasteiger partial charge in [-0.05, 0) is 30.3 Å². The van der Waals surface area contributed by atoms with Gasteiger partial charge in [0.2, 0.25) is 0 Å². The SMILES string of the molecule is N#Cc1cc(-c2ccc(Cl)s2)c(-c2ccco2)nc1N. The molecule has 0 radical (unpaired) electrons. The number of nitrogens with zero attached hydrogens (tertiary/aromatic N) is 2. The van der Waals surface area contributed by atoms with Crippen LogP contribution in [0.1, 0.15) is 5.56 Å². The van der Waals surface area contributed by atoms with E-state index in [0.29, 0.717) is 21.4 Å². The van der Waals surface area contributed by atoms with E-state index in [0.717, 1.165) is 10.4 Å². The zero-order chi connectivity index (χ0) is 14.1. The Morgan fingerprint density at radius 2 is 2.20 bits per heavy atom. The second-order valence-electron chi connectivity index (χ2n) is 4.01. The second-order valence-corrected chi connectivity index (χ2v) is 5.73. The van der Waals surface area contributed by atoms with Crippen molar-refractivity contribution in [1.29, 1.82) is 5.26 Å². The lowest BCUT2D eigenvalue weighted by Crippen LogP contribution is -1.98. The molecule has 0 spiro atoms. The van der Waals surface area contributed by atoms with E-state index in [4.69, 9.17) is 27.0 Å². The molecule has 0 fully saturated rings. The van der Waals surface area contributed by atoms with Gasteiger partial charge in [0.1, 0.15) is 17.6 Å². The normalized spacial score (nSPS) is 10.4. The average molecular weight is 302 g/mol. The zero-order valence-electron chi connectivity index (χ0n) is 10.1. The number of hydrogen-bond acceptors (Lipinski definition) is 5. The smallest absolute Gasteiger partial charge is 0.152 e. The Morgan fingerprint density at radius 3 is 2.80 bits per heavy atom. The van der Waals surface area contributed by atoms with Gasteiger partial charge in [0.25, 0.3) is 0 Å². The molecular weight excluding hydrogens is 294 g/mol. The third-order valence-corrected chi connectivity index (χ3v) is 4.03. The Kier molecular flexibility index (Phi) is 3.18. The summed E-state index contributed by atoms with van der Waals surface area (Å²) in [5.74, 6) is 0.783. The molecule has 3 heterocycles. The number of nitrogens with two attached hydrogens (primary N) is 1. The van der Waals surface area contributed by atoms with Crippen molar-refractivity contribution in [3.8, 4) is 28.0 Å². The van der Waals surface area contributed by atoms with Crippen LogP contribution in [0.15, 0.2) is 41.0 Å². The van der Waals surface area contributed by atoms with Gasteiger partial charge in [0.15, 0.2) is 5.76 Å². The quantitative estimate of drug-likeness (QED) is 0.770. The summed E-state index contributed by atoms with van der Waals surface area (Å²) in [5.41, 5.74) is 7.51. The molecule has 3 aromatic heterocycles. The van der Waals surface area contributed by atoms with Gasteiger partial charge in [0.05, 0.1) is 16.2 Å². The van der Waals surface area contributed by atoms with Crippen LogP contribution < -0.4 is 5.73 Å². The number of hydrogen-bond donors (Lipinski definition) is 1. The molecule has 6 heteroatoms. The molecular formula is C14H8ClN3OS. The predicted octanol–water partition coefficient (Wildman–Crippen LogP) is 4.18. The van der Waals surface area contributed by atoms with E-state index in [1.165, 1.54) is 11.3 Å². The number of halogens is 1. The van der Waals surface area contributed by atoms with Crippen molar-refractivity contribution in [2.45, 2.75) is 0 Å². The summed E-state index contributed by atoms with van der Waals surface area (Å²) in [7, 11) is 0. The zero-order valence-corrected chi connectivity index (χ0v) is 11.7. The lowest BCUT2D eigenvalue weighted by Gasteiger charge is -2.07. The molecule has 0 atom stereocenters. The molecule has 0 aliphatic carbocycles. The van der Waals surface area contributed by atoms with Crippen molar-refractivity contribution in [2.75, 3.05) is 5.73 Å². The van der Waals surface area contributed by atoms with Crippen LogP contribution in [0.25, 0.3) is 21.9 Å². The van der Waals surface area contributed by atoms with E-state index in [1.807, 2.05) is 12.1 Å². The van der Waals surface area contributed by atoms with E-state index >= 15 is 0 Å². The number of nitrogen functional groups attached to an aromatic ring is 1. The fraction of sp³-hybridized carbons (Fsp3) is 0. The summed E-state index contributed by atoms with van der Waals surface area (Å²) >= 11 is 7.39. The average Bonchev–Trinajstić information content (AvgIpc) is 3.09. The maximum absolute atomic E-state index is 9.10. The number of pyridine rings is 1. The van der Waals surface area contributed by atoms with Gasteiger partial charge in [-0.25, -0.2) is 4.98 Å². The summed E-state index contributed by atoms with van der Waals surface area (Å²) in [6.07, 6.45) is 1.57. The third kappa shape index (κ3) is 2.16. The number of anilines is 1. The highest BCUT2D eigenvalue weighted by Gasteiger charge is 2.16. The van der Waals surface area contributed by atoms with Crippen molar-refractivity contribution in [3.63, 3.8) is 0 Å². The summed E-state index contributed by atoms with van der Waals surface area (Å²) < 4.78 is 6.06. The predicted molar refractivity (Wildman–Crippen MR) is 79.4 cm³/mol. The highest BCUT2D eigenvalue weighted by Crippen LogP contribution is 2.38. The topological polar surface area (TPSA) is 75.8 Å². The van der Waals surface area contributed by atoms with Crippen LogP contribution in [0.5, 0.6) is 0 Å². The lowest BCUT2D eigenvalue weighted by molar-refractivity contribution is 0.580. The van der Waals surface area contributed by atoms with Gasteiger partial charge in [-0.15, -0.1) is 11.3 Å². The molecule has 0 unspecified atom stereocenters. The fourth-order valence-corrected chi connectivity index (χ4v) is 2.93. The van der Waals surface area contributed by atoms with Crippen molar-refractivity contribution in [1.82, 2.24) is 4.98 Å². The van der Waals surface area contributed by atoms with Gasteiger partial charge in [-0.2, -0.15) is 5.26 Å². The summed E-state index contributed by atoms with van der Waals surface area (Å²) in [4.78, 5) is 5.20. The van der Waals surface area contributed by atoms with Crippen LogP contribution in [-0.4, -0.2) is 4.98 Å². The molecule has 0 aromatic carbocycles. The van der Waals surface area contributed by atoms with Crippen LogP contribution in [0.3, 0.4) is 0 Å². The molecule has 4 nitrogen and oxygen atoms in total. The number of rotatable bonds is 2. The van der Waals surface area contributed by atoms with E-state index < -0.39 is 0 Å². The van der Waals surface area contributed by atoms with Crippen molar-refractivity contribution in [2.24, 2.45) is 0 Å². The number of thiophene rings is 1. The summed E-state index contributed by atoms with van der Waals surface area (Å²) in [5, 5.41) is 9.10. The maximum Gasteiger partial charge on any atom is 0.152 e. The second kappa shape index (κ2) is 5.00. The Labute approximate surface area is 124 Å². The molecule has 0 saturated heterocycles. The standard InChI is InChI=1S/C14H8ClN3OS/c15-12-4-3-11(20-12)9-6-8(7-16)14(17)18-13(9)10-2-1-5-19-10/h1-6H,(H2,17,18). The molecule has 20 heavy (non-hydrogen) atoms. The minimum Gasteiger partial charge on any atom is -0.463 e. The van der Waals surface area contributed by atoms with Crippen LogP contribution in [0.4, 0.5) is 5.82 Å². The number of nitriles is 1. The van der Waals surface area contributed by atoms with Crippen LogP contribution in [0, 0.1) is 11.3 Å². The Morgan fingerprint density at radius 1 is 1.35 bits per heavy atom. The molecule has 98 valence electrons. The van der Waals surface area contributed by atoms with Gasteiger partial charge in [-0.3, -0.25) is 0 Å². The van der Waals surface area contributed by atoms with Crippen molar-refractivity contribution >= 4 is 28.8 Å². The van der Waals surface area contributed by atoms with Gasteiger partial charge >= 0.3 is 0 Å². The molecule has 2 N–H and O–H groups in total. The van der Waals surface area contributed by atoms with E-state index in [2.05, 4.69) is 4.98 Å². The summed E-state index contributed by atoms with van der Waals surface area (Å²) in [6, 6.07) is 11.0. The molecule has 0 aliphatic rings. The first-order valence-electron chi connectivity index (χ1n) is 5.69. The van der Waals surface area contributed by atoms with E-state index in [1.54, 1.807) is 30.5 Å². The molecule has 0 bridgehead atoms. The third-order valence-electron chi connectivity index (χ3n) is 2.77. The van der Waals surface area contributed by atoms with Crippen molar-refractivity contribution in [3.05, 3.63) is 46.5 Å². The first-order chi connectivity index (χ1) is 9.69. The van der Waals surface area contributed by atoms with E-state index in [9.17, 15) is 0 Å². The summed E-state index contributed by atoms with van der Waals surface area (Å²) in [6.45, 7) is 0. The van der Waals surface area contributed by atoms with Crippen LogP contribution in [-0.2, 0) is 0 Å². The lowest BCUT2D eigenvalue weighted by atomic mass is 10.1. The minimum atomic E-state index is 0.185. The Hall–Kier alpha value is -2.29. The Balaban J connectivity index is 2.28.